The van der Waals surface area contributed by atoms with Gasteiger partial charge in [0.15, 0.2) is 0 Å². The van der Waals surface area contributed by atoms with Crippen molar-refractivity contribution in [2.75, 3.05) is 53.4 Å². The van der Waals surface area contributed by atoms with E-state index < -0.39 is 0 Å². The molecule has 1 rings (SSSR count). The lowest BCUT2D eigenvalue weighted by Crippen LogP contribution is -2.54. The number of hydrogen-bond acceptors (Lipinski definition) is 4. The van der Waals surface area contributed by atoms with Gasteiger partial charge >= 0.3 is 0 Å². The molecule has 0 saturated carbocycles. The minimum Gasteiger partial charge on any atom is -0.353 e. The van der Waals surface area contributed by atoms with E-state index in [1.54, 1.807) is 0 Å². The number of likely N-dealkylation sites (N-methyl/N-ethyl adjacent to an activating group) is 2. The zero-order valence-electron chi connectivity index (χ0n) is 11.3. The maximum atomic E-state index is 11.5. The van der Waals surface area contributed by atoms with E-state index in [4.69, 9.17) is 0 Å². The highest BCUT2D eigenvalue weighted by Gasteiger charge is 2.22. The van der Waals surface area contributed by atoms with Gasteiger partial charge in [0.1, 0.15) is 0 Å². The molecular weight excluding hydrogens is 216 g/mol. The van der Waals surface area contributed by atoms with Crippen LogP contribution in [0.2, 0.25) is 0 Å². The summed E-state index contributed by atoms with van der Waals surface area (Å²) < 4.78 is 0. The van der Waals surface area contributed by atoms with Crippen molar-refractivity contribution in [3.05, 3.63) is 0 Å². The second-order valence-corrected chi connectivity index (χ2v) is 4.88. The van der Waals surface area contributed by atoms with Crippen molar-refractivity contribution in [1.82, 2.24) is 20.4 Å². The molecule has 0 radical (unpaired) electrons. The maximum absolute atomic E-state index is 11.5. The quantitative estimate of drug-likeness (QED) is 0.608. The van der Waals surface area contributed by atoms with E-state index >= 15 is 0 Å². The summed E-state index contributed by atoms with van der Waals surface area (Å²) in [5, 5.41) is 6.10. The lowest BCUT2D eigenvalue weighted by Gasteiger charge is -2.37. The van der Waals surface area contributed by atoms with Gasteiger partial charge in [-0.3, -0.25) is 9.69 Å². The summed E-state index contributed by atoms with van der Waals surface area (Å²) in [5.41, 5.74) is 0. The zero-order chi connectivity index (χ0) is 12.7. The number of nitrogens with one attached hydrogen (secondary N) is 2. The standard InChI is InChI=1S/C12H26N4O/c1-4-5-13-9-12(17)14-8-11-10-15(2)6-7-16(11)3/h11,13H,4-10H2,1-3H3,(H,14,17). The first-order valence-corrected chi connectivity index (χ1v) is 6.49. The third-order valence-electron chi connectivity index (χ3n) is 3.23. The fourth-order valence-corrected chi connectivity index (χ4v) is 1.99. The summed E-state index contributed by atoms with van der Waals surface area (Å²) in [7, 11) is 4.25. The number of rotatable bonds is 6. The Labute approximate surface area is 105 Å². The highest BCUT2D eigenvalue weighted by molar-refractivity contribution is 5.77. The Morgan fingerprint density at radius 1 is 1.35 bits per heavy atom. The van der Waals surface area contributed by atoms with E-state index in [1.807, 2.05) is 0 Å². The monoisotopic (exact) mass is 242 g/mol. The van der Waals surface area contributed by atoms with Crippen LogP contribution in [0.3, 0.4) is 0 Å². The van der Waals surface area contributed by atoms with E-state index in [0.717, 1.165) is 39.1 Å². The molecule has 100 valence electrons. The molecule has 0 aromatic rings. The topological polar surface area (TPSA) is 47.6 Å². The average Bonchev–Trinajstić information content (AvgIpc) is 2.31. The Morgan fingerprint density at radius 3 is 2.82 bits per heavy atom. The number of amides is 1. The number of nitrogens with zero attached hydrogens (tertiary/aromatic N) is 2. The molecule has 1 unspecified atom stereocenters. The van der Waals surface area contributed by atoms with Crippen LogP contribution >= 0.6 is 0 Å². The number of carbonyl (C=O) groups is 1. The molecule has 0 spiro atoms. The van der Waals surface area contributed by atoms with E-state index in [2.05, 4.69) is 41.5 Å². The summed E-state index contributed by atoms with van der Waals surface area (Å²) in [4.78, 5) is 16.2. The van der Waals surface area contributed by atoms with Crippen molar-refractivity contribution in [2.24, 2.45) is 0 Å². The number of piperazine rings is 1. The van der Waals surface area contributed by atoms with Gasteiger partial charge in [0.05, 0.1) is 6.54 Å². The van der Waals surface area contributed by atoms with Crippen LogP contribution in [-0.2, 0) is 4.79 Å². The second kappa shape index (κ2) is 7.63. The molecule has 1 heterocycles. The fraction of sp³-hybridized carbons (Fsp3) is 0.917. The van der Waals surface area contributed by atoms with Crippen molar-refractivity contribution in [3.8, 4) is 0 Å². The third-order valence-corrected chi connectivity index (χ3v) is 3.23. The van der Waals surface area contributed by atoms with Crippen LogP contribution in [0.5, 0.6) is 0 Å². The SMILES string of the molecule is CCCNCC(=O)NCC1CN(C)CCN1C. The van der Waals surface area contributed by atoms with E-state index in [9.17, 15) is 4.79 Å². The first-order chi connectivity index (χ1) is 8.13. The maximum Gasteiger partial charge on any atom is 0.234 e. The summed E-state index contributed by atoms with van der Waals surface area (Å²) in [6.45, 7) is 7.38. The number of hydrogen-bond donors (Lipinski definition) is 2. The molecule has 0 aliphatic carbocycles. The minimum atomic E-state index is 0.0973. The van der Waals surface area contributed by atoms with Crippen molar-refractivity contribution >= 4 is 5.91 Å². The molecule has 1 amide bonds. The van der Waals surface area contributed by atoms with E-state index in [-0.39, 0.29) is 5.91 Å². The van der Waals surface area contributed by atoms with Gasteiger partial charge in [0.25, 0.3) is 0 Å². The van der Waals surface area contributed by atoms with Crippen LogP contribution < -0.4 is 10.6 Å². The van der Waals surface area contributed by atoms with Gasteiger partial charge in [0, 0.05) is 32.2 Å². The smallest absolute Gasteiger partial charge is 0.234 e. The molecule has 2 N–H and O–H groups in total. The van der Waals surface area contributed by atoms with Gasteiger partial charge in [-0.05, 0) is 27.1 Å². The van der Waals surface area contributed by atoms with Gasteiger partial charge in [-0.25, -0.2) is 0 Å². The molecule has 1 aliphatic heterocycles. The number of carbonyl (C=O) groups excluding carboxylic acids is 1. The first kappa shape index (κ1) is 14.4. The van der Waals surface area contributed by atoms with E-state index in [1.165, 1.54) is 0 Å². The molecule has 5 nitrogen and oxygen atoms in total. The molecule has 1 fully saturated rings. The largest absolute Gasteiger partial charge is 0.353 e. The Balaban J connectivity index is 2.17. The average molecular weight is 242 g/mol. The normalized spacial score (nSPS) is 22.6. The van der Waals surface area contributed by atoms with Crippen molar-refractivity contribution in [2.45, 2.75) is 19.4 Å². The fourth-order valence-electron chi connectivity index (χ4n) is 1.99. The molecule has 0 aromatic heterocycles. The van der Waals surface area contributed by atoms with Crippen molar-refractivity contribution < 1.29 is 4.79 Å². The Hall–Kier alpha value is -0.650. The predicted molar refractivity (Wildman–Crippen MR) is 70.1 cm³/mol. The van der Waals surface area contributed by atoms with Crippen LogP contribution in [0.15, 0.2) is 0 Å². The summed E-state index contributed by atoms with van der Waals surface area (Å²) >= 11 is 0. The van der Waals surface area contributed by atoms with Gasteiger partial charge < -0.3 is 15.5 Å². The molecule has 1 saturated heterocycles. The van der Waals surface area contributed by atoms with Crippen LogP contribution in [0.1, 0.15) is 13.3 Å². The Kier molecular flexibility index (Phi) is 6.47. The summed E-state index contributed by atoms with van der Waals surface area (Å²) in [6.07, 6.45) is 1.06. The molecule has 0 bridgehead atoms. The third kappa shape index (κ3) is 5.48. The highest BCUT2D eigenvalue weighted by atomic mass is 16.1. The minimum absolute atomic E-state index is 0.0973. The molecule has 0 aromatic carbocycles. The summed E-state index contributed by atoms with van der Waals surface area (Å²) in [6, 6.07) is 0.434. The van der Waals surface area contributed by atoms with Crippen LogP contribution in [-0.4, -0.2) is 75.1 Å². The van der Waals surface area contributed by atoms with Gasteiger partial charge in [0.2, 0.25) is 5.91 Å². The van der Waals surface area contributed by atoms with Gasteiger partial charge in [-0.1, -0.05) is 6.92 Å². The van der Waals surface area contributed by atoms with Gasteiger partial charge in [-0.15, -0.1) is 0 Å². The Bertz CT molecular complexity index is 235. The van der Waals surface area contributed by atoms with Crippen molar-refractivity contribution in [1.29, 1.82) is 0 Å². The molecule has 1 atom stereocenters. The molecule has 1 aliphatic rings. The molecule has 17 heavy (non-hydrogen) atoms. The zero-order valence-corrected chi connectivity index (χ0v) is 11.3. The van der Waals surface area contributed by atoms with E-state index in [0.29, 0.717) is 12.6 Å². The predicted octanol–water partition coefficient (Wildman–Crippen LogP) is -0.652. The lowest BCUT2D eigenvalue weighted by molar-refractivity contribution is -0.120. The molecular formula is C12H26N4O. The summed E-state index contributed by atoms with van der Waals surface area (Å²) in [5.74, 6) is 0.0973. The highest BCUT2D eigenvalue weighted by Crippen LogP contribution is 2.04. The Morgan fingerprint density at radius 2 is 2.12 bits per heavy atom. The van der Waals surface area contributed by atoms with Crippen LogP contribution in [0.4, 0.5) is 0 Å². The second-order valence-electron chi connectivity index (χ2n) is 4.88. The lowest BCUT2D eigenvalue weighted by atomic mass is 10.2. The van der Waals surface area contributed by atoms with Gasteiger partial charge in [-0.2, -0.15) is 0 Å². The first-order valence-electron chi connectivity index (χ1n) is 6.49. The van der Waals surface area contributed by atoms with Crippen LogP contribution in [0.25, 0.3) is 0 Å². The van der Waals surface area contributed by atoms with Crippen LogP contribution in [0, 0.1) is 0 Å². The molecule has 5 heteroatoms. The van der Waals surface area contributed by atoms with Crippen molar-refractivity contribution in [3.63, 3.8) is 0 Å².